The zero-order valence-electron chi connectivity index (χ0n) is 8.42. The minimum Gasteiger partial charge on any atom is -0.388 e. The number of halogens is 2. The summed E-state index contributed by atoms with van der Waals surface area (Å²) in [4.78, 5) is 0. The first-order chi connectivity index (χ1) is 7.13. The van der Waals surface area contributed by atoms with E-state index in [-0.39, 0.29) is 0 Å². The Morgan fingerprint density at radius 1 is 1.27 bits per heavy atom. The summed E-state index contributed by atoms with van der Waals surface area (Å²) in [6.07, 6.45) is 3.86. The van der Waals surface area contributed by atoms with Crippen LogP contribution < -0.4 is 0 Å². The maximum Gasteiger partial charge on any atom is 0.0791 e. The van der Waals surface area contributed by atoms with Crippen molar-refractivity contribution in [1.29, 1.82) is 0 Å². The van der Waals surface area contributed by atoms with Crippen LogP contribution in [0.1, 0.15) is 30.9 Å². The average Bonchev–Trinajstić information content (AvgIpc) is 2.16. The highest BCUT2D eigenvalue weighted by atomic mass is 35.5. The molecule has 1 atom stereocenters. The Balaban J connectivity index is 2.64. The molecule has 1 aromatic carbocycles. The van der Waals surface area contributed by atoms with Crippen LogP contribution >= 0.6 is 23.2 Å². The molecule has 1 N–H and O–H groups in total. The molecule has 1 aromatic rings. The highest BCUT2D eigenvalue weighted by Gasteiger charge is 2.08. The van der Waals surface area contributed by atoms with Gasteiger partial charge in [-0.3, -0.25) is 0 Å². The molecule has 0 spiro atoms. The lowest BCUT2D eigenvalue weighted by molar-refractivity contribution is 0.165. The molecule has 0 heterocycles. The van der Waals surface area contributed by atoms with E-state index in [1.165, 1.54) is 0 Å². The van der Waals surface area contributed by atoms with Gasteiger partial charge in [0.05, 0.1) is 6.10 Å². The van der Waals surface area contributed by atoms with Gasteiger partial charge in [-0.2, -0.15) is 0 Å². The molecule has 0 bridgehead atoms. The number of aliphatic hydroxyl groups excluding tert-OH is 1. The Bertz CT molecular complexity index is 316. The van der Waals surface area contributed by atoms with Crippen LogP contribution in [-0.4, -0.2) is 5.11 Å². The van der Waals surface area contributed by atoms with E-state index in [0.29, 0.717) is 16.5 Å². The normalized spacial score (nSPS) is 12.5. The van der Waals surface area contributed by atoms with Gasteiger partial charge in [-0.05, 0) is 43.0 Å². The summed E-state index contributed by atoms with van der Waals surface area (Å²) >= 11 is 11.7. The van der Waals surface area contributed by atoms with E-state index in [2.05, 4.69) is 6.58 Å². The second kappa shape index (κ2) is 6.16. The molecule has 3 heteroatoms. The van der Waals surface area contributed by atoms with E-state index in [1.807, 2.05) is 6.08 Å². The molecule has 82 valence electrons. The maximum atomic E-state index is 9.84. The number of benzene rings is 1. The summed E-state index contributed by atoms with van der Waals surface area (Å²) in [7, 11) is 0. The molecule has 15 heavy (non-hydrogen) atoms. The molecule has 0 aromatic heterocycles. The van der Waals surface area contributed by atoms with E-state index in [9.17, 15) is 5.11 Å². The fourth-order valence-corrected chi connectivity index (χ4v) is 1.93. The van der Waals surface area contributed by atoms with Crippen molar-refractivity contribution < 1.29 is 5.11 Å². The quantitative estimate of drug-likeness (QED) is 0.602. The molecule has 0 aliphatic heterocycles. The molecule has 0 saturated heterocycles. The first-order valence-electron chi connectivity index (χ1n) is 4.88. The van der Waals surface area contributed by atoms with Crippen molar-refractivity contribution in [3.8, 4) is 0 Å². The monoisotopic (exact) mass is 244 g/mol. The van der Waals surface area contributed by atoms with E-state index >= 15 is 0 Å². The standard InChI is InChI=1S/C12H14Cl2O/c1-2-3-4-5-12(15)9-6-10(13)8-11(14)7-9/h2,6-8,12,15H,1,3-5H2. The lowest BCUT2D eigenvalue weighted by Gasteiger charge is -2.11. The van der Waals surface area contributed by atoms with Crippen LogP contribution in [0.2, 0.25) is 10.0 Å². The van der Waals surface area contributed by atoms with Crippen molar-refractivity contribution in [3.05, 3.63) is 46.5 Å². The fraction of sp³-hybridized carbons (Fsp3) is 0.333. The topological polar surface area (TPSA) is 20.2 Å². The van der Waals surface area contributed by atoms with Crippen molar-refractivity contribution in [1.82, 2.24) is 0 Å². The lowest BCUT2D eigenvalue weighted by Crippen LogP contribution is -1.97. The smallest absolute Gasteiger partial charge is 0.0791 e. The second-order valence-corrected chi connectivity index (χ2v) is 4.31. The predicted octanol–water partition coefficient (Wildman–Crippen LogP) is 4.38. The van der Waals surface area contributed by atoms with E-state index in [4.69, 9.17) is 23.2 Å². The lowest BCUT2D eigenvalue weighted by atomic mass is 10.0. The third-order valence-corrected chi connectivity index (χ3v) is 2.59. The summed E-state index contributed by atoms with van der Waals surface area (Å²) in [5, 5.41) is 11.0. The van der Waals surface area contributed by atoms with E-state index in [0.717, 1.165) is 18.4 Å². The van der Waals surface area contributed by atoms with Crippen molar-refractivity contribution in [2.75, 3.05) is 0 Å². The molecule has 1 nitrogen and oxygen atoms in total. The van der Waals surface area contributed by atoms with Gasteiger partial charge >= 0.3 is 0 Å². The highest BCUT2D eigenvalue weighted by Crippen LogP contribution is 2.26. The molecule has 0 aliphatic carbocycles. The number of unbranched alkanes of at least 4 members (excludes halogenated alkanes) is 1. The Hall–Kier alpha value is -0.500. The molecule has 1 rings (SSSR count). The fourth-order valence-electron chi connectivity index (χ4n) is 1.39. The summed E-state index contributed by atoms with van der Waals surface area (Å²) in [5.41, 5.74) is 0.775. The van der Waals surface area contributed by atoms with Gasteiger partial charge in [0.25, 0.3) is 0 Å². The number of hydrogen-bond acceptors (Lipinski definition) is 1. The van der Waals surface area contributed by atoms with Gasteiger partial charge in [-0.15, -0.1) is 6.58 Å². The zero-order chi connectivity index (χ0) is 11.3. The Kier molecular flexibility index (Phi) is 5.16. The third-order valence-electron chi connectivity index (χ3n) is 2.16. The molecule has 0 fully saturated rings. The minimum atomic E-state index is -0.499. The summed E-state index contributed by atoms with van der Waals surface area (Å²) in [6.45, 7) is 3.63. The van der Waals surface area contributed by atoms with Crippen molar-refractivity contribution >= 4 is 23.2 Å². The second-order valence-electron chi connectivity index (χ2n) is 3.44. The first kappa shape index (κ1) is 12.6. The van der Waals surface area contributed by atoms with Crippen LogP contribution in [-0.2, 0) is 0 Å². The zero-order valence-corrected chi connectivity index (χ0v) is 9.93. The van der Waals surface area contributed by atoms with Gasteiger partial charge < -0.3 is 5.11 Å². The number of allylic oxidation sites excluding steroid dienone is 1. The van der Waals surface area contributed by atoms with Gasteiger partial charge in [-0.1, -0.05) is 29.3 Å². The SMILES string of the molecule is C=CCCCC(O)c1cc(Cl)cc(Cl)c1. The third kappa shape index (κ3) is 4.25. The first-order valence-corrected chi connectivity index (χ1v) is 5.64. The van der Waals surface area contributed by atoms with Crippen LogP contribution in [0.25, 0.3) is 0 Å². The molecule has 0 radical (unpaired) electrons. The molecule has 0 aliphatic rings. The summed E-state index contributed by atoms with van der Waals surface area (Å²) < 4.78 is 0. The number of rotatable bonds is 5. The van der Waals surface area contributed by atoms with Crippen molar-refractivity contribution in [2.24, 2.45) is 0 Å². The van der Waals surface area contributed by atoms with Crippen LogP contribution in [0.5, 0.6) is 0 Å². The van der Waals surface area contributed by atoms with Gasteiger partial charge in [0.1, 0.15) is 0 Å². The molecule has 0 amide bonds. The highest BCUT2D eigenvalue weighted by molar-refractivity contribution is 6.34. The van der Waals surface area contributed by atoms with Crippen molar-refractivity contribution in [3.63, 3.8) is 0 Å². The maximum absolute atomic E-state index is 9.84. The summed E-state index contributed by atoms with van der Waals surface area (Å²) in [5.74, 6) is 0. The van der Waals surface area contributed by atoms with Gasteiger partial charge in [-0.25, -0.2) is 0 Å². The molecular formula is C12H14Cl2O. The molecule has 0 saturated carbocycles. The average molecular weight is 245 g/mol. The Morgan fingerprint density at radius 3 is 2.40 bits per heavy atom. The van der Waals surface area contributed by atoms with E-state index in [1.54, 1.807) is 18.2 Å². The molecule has 1 unspecified atom stereocenters. The van der Waals surface area contributed by atoms with Crippen molar-refractivity contribution in [2.45, 2.75) is 25.4 Å². The Morgan fingerprint density at radius 2 is 1.87 bits per heavy atom. The van der Waals surface area contributed by atoms with E-state index < -0.39 is 6.10 Å². The summed E-state index contributed by atoms with van der Waals surface area (Å²) in [6, 6.07) is 5.14. The number of hydrogen-bond donors (Lipinski definition) is 1. The largest absolute Gasteiger partial charge is 0.388 e. The van der Waals surface area contributed by atoms with Crippen LogP contribution in [0.15, 0.2) is 30.9 Å². The Labute approximate surface area is 100 Å². The van der Waals surface area contributed by atoms with Crippen LogP contribution in [0, 0.1) is 0 Å². The van der Waals surface area contributed by atoms with Crippen LogP contribution in [0.4, 0.5) is 0 Å². The predicted molar refractivity (Wildman–Crippen MR) is 65.5 cm³/mol. The number of aliphatic hydroxyl groups is 1. The van der Waals surface area contributed by atoms with Gasteiger partial charge in [0.2, 0.25) is 0 Å². The molecular weight excluding hydrogens is 231 g/mol. The minimum absolute atomic E-state index is 0.499. The van der Waals surface area contributed by atoms with Gasteiger partial charge in [0, 0.05) is 10.0 Å². The van der Waals surface area contributed by atoms with Gasteiger partial charge in [0.15, 0.2) is 0 Å². The van der Waals surface area contributed by atoms with Crippen LogP contribution in [0.3, 0.4) is 0 Å².